The zero-order valence-electron chi connectivity index (χ0n) is 16.7. The highest BCUT2D eigenvalue weighted by atomic mass is 16.5. The molecule has 0 saturated heterocycles. The Hall–Kier alpha value is -2.44. The molecule has 1 aromatic carbocycles. The lowest BCUT2D eigenvalue weighted by molar-refractivity contribution is -0.126. The Morgan fingerprint density at radius 1 is 1.37 bits per heavy atom. The van der Waals surface area contributed by atoms with Gasteiger partial charge in [-0.3, -0.25) is 9.79 Å². The number of nitrogens with one attached hydrogen (secondary N) is 3. The first-order valence-electron chi connectivity index (χ1n) is 9.56. The molecule has 27 heavy (non-hydrogen) atoms. The number of phenols is 1. The van der Waals surface area contributed by atoms with E-state index >= 15 is 0 Å². The van der Waals surface area contributed by atoms with Crippen molar-refractivity contribution < 1.29 is 14.6 Å². The molecule has 2 rings (SSSR count). The summed E-state index contributed by atoms with van der Waals surface area (Å²) < 4.78 is 5.20. The van der Waals surface area contributed by atoms with Crippen molar-refractivity contribution >= 4 is 11.9 Å². The fraction of sp³-hybridized carbons (Fsp3) is 0.600. The van der Waals surface area contributed by atoms with Gasteiger partial charge in [0.05, 0.1) is 7.11 Å². The van der Waals surface area contributed by atoms with E-state index in [9.17, 15) is 9.90 Å². The van der Waals surface area contributed by atoms with Crippen LogP contribution >= 0.6 is 0 Å². The summed E-state index contributed by atoms with van der Waals surface area (Å²) in [6.07, 6.45) is 3.75. The number of aliphatic imine (C=N–C) groups is 1. The summed E-state index contributed by atoms with van der Waals surface area (Å²) in [5.41, 5.74) is 0.732. The van der Waals surface area contributed by atoms with Crippen molar-refractivity contribution in [3.05, 3.63) is 23.8 Å². The van der Waals surface area contributed by atoms with Crippen LogP contribution in [-0.2, 0) is 11.3 Å². The Kier molecular flexibility index (Phi) is 7.76. The number of carbonyl (C=O) groups is 1. The summed E-state index contributed by atoms with van der Waals surface area (Å²) in [6, 6.07) is 5.49. The van der Waals surface area contributed by atoms with Crippen molar-refractivity contribution in [2.24, 2.45) is 10.9 Å². The molecule has 7 heteroatoms. The molecule has 0 heterocycles. The van der Waals surface area contributed by atoms with Gasteiger partial charge < -0.3 is 25.8 Å². The Morgan fingerprint density at radius 2 is 2.15 bits per heavy atom. The monoisotopic (exact) mass is 376 g/mol. The van der Waals surface area contributed by atoms with E-state index in [1.165, 1.54) is 0 Å². The first-order chi connectivity index (χ1) is 12.9. The average Bonchev–Trinajstić information content (AvgIpc) is 2.65. The van der Waals surface area contributed by atoms with E-state index in [4.69, 9.17) is 4.74 Å². The van der Waals surface area contributed by atoms with Crippen molar-refractivity contribution in [3.8, 4) is 11.5 Å². The van der Waals surface area contributed by atoms with Crippen LogP contribution < -0.4 is 20.7 Å². The van der Waals surface area contributed by atoms with E-state index in [0.29, 0.717) is 18.3 Å². The molecule has 150 valence electrons. The molecular weight excluding hydrogens is 344 g/mol. The Balaban J connectivity index is 1.90. The second-order valence-corrected chi connectivity index (χ2v) is 7.29. The van der Waals surface area contributed by atoms with Crippen LogP contribution in [0.4, 0.5) is 0 Å². The maximum Gasteiger partial charge on any atom is 0.223 e. The molecule has 1 aliphatic carbocycles. The van der Waals surface area contributed by atoms with Gasteiger partial charge in [0.25, 0.3) is 0 Å². The minimum Gasteiger partial charge on any atom is -0.508 e. The number of guanidine groups is 1. The van der Waals surface area contributed by atoms with Crippen LogP contribution in [0.5, 0.6) is 11.5 Å². The van der Waals surface area contributed by atoms with Crippen molar-refractivity contribution in [2.45, 2.75) is 58.2 Å². The Labute approximate surface area is 161 Å². The molecule has 1 aliphatic rings. The van der Waals surface area contributed by atoms with Gasteiger partial charge >= 0.3 is 0 Å². The normalized spacial score (nSPS) is 20.3. The average molecular weight is 377 g/mol. The number of hydrogen-bond donors (Lipinski definition) is 4. The third-order valence-electron chi connectivity index (χ3n) is 4.77. The van der Waals surface area contributed by atoms with Gasteiger partial charge in [0.2, 0.25) is 5.91 Å². The van der Waals surface area contributed by atoms with Gasteiger partial charge in [-0.2, -0.15) is 0 Å². The van der Waals surface area contributed by atoms with Gasteiger partial charge in [0.15, 0.2) is 5.96 Å². The number of methoxy groups -OCH3 is 1. The first-order valence-corrected chi connectivity index (χ1v) is 9.56. The molecule has 0 aliphatic heterocycles. The van der Waals surface area contributed by atoms with Gasteiger partial charge in [-0.15, -0.1) is 0 Å². The van der Waals surface area contributed by atoms with E-state index in [1.54, 1.807) is 32.4 Å². The number of rotatable bonds is 6. The van der Waals surface area contributed by atoms with Gasteiger partial charge in [0, 0.05) is 37.2 Å². The van der Waals surface area contributed by atoms with Crippen molar-refractivity contribution in [2.75, 3.05) is 14.2 Å². The molecule has 1 saturated carbocycles. The van der Waals surface area contributed by atoms with Crippen LogP contribution in [0.15, 0.2) is 23.2 Å². The Morgan fingerprint density at radius 3 is 2.81 bits per heavy atom. The van der Waals surface area contributed by atoms with E-state index in [1.807, 2.05) is 13.8 Å². The molecule has 2 unspecified atom stereocenters. The minimum atomic E-state index is 0.0409. The lowest BCUT2D eigenvalue weighted by atomic mass is 9.85. The van der Waals surface area contributed by atoms with Crippen molar-refractivity contribution in [3.63, 3.8) is 0 Å². The van der Waals surface area contributed by atoms with Crippen LogP contribution in [-0.4, -0.2) is 43.2 Å². The van der Waals surface area contributed by atoms with E-state index in [0.717, 1.165) is 31.2 Å². The van der Waals surface area contributed by atoms with Crippen LogP contribution in [0.1, 0.15) is 45.1 Å². The standard InChI is InChI=1S/C20H32N4O3/c1-13(2)23-19(26)14-6-5-7-16(10-14)24-20(21-3)22-12-15-11-17(27-4)8-9-18(15)25/h8-9,11,13-14,16,25H,5-7,10,12H2,1-4H3,(H,23,26)(H2,21,22,24). The zero-order valence-corrected chi connectivity index (χ0v) is 16.7. The molecule has 7 nitrogen and oxygen atoms in total. The van der Waals surface area contributed by atoms with Crippen molar-refractivity contribution in [1.82, 2.24) is 16.0 Å². The molecule has 0 spiro atoms. The third-order valence-corrected chi connectivity index (χ3v) is 4.77. The number of nitrogens with zero attached hydrogens (tertiary/aromatic N) is 1. The highest BCUT2D eigenvalue weighted by Crippen LogP contribution is 2.25. The predicted molar refractivity (Wildman–Crippen MR) is 107 cm³/mol. The molecule has 2 atom stereocenters. The molecular formula is C20H32N4O3. The topological polar surface area (TPSA) is 95.0 Å². The molecule has 0 bridgehead atoms. The Bertz CT molecular complexity index is 661. The first kappa shape index (κ1) is 20.9. The largest absolute Gasteiger partial charge is 0.508 e. The van der Waals surface area contributed by atoms with Crippen LogP contribution in [0.3, 0.4) is 0 Å². The zero-order chi connectivity index (χ0) is 19.8. The van der Waals surface area contributed by atoms with Crippen LogP contribution in [0.2, 0.25) is 0 Å². The third kappa shape index (κ3) is 6.34. The summed E-state index contributed by atoms with van der Waals surface area (Å²) in [5, 5.41) is 19.6. The molecule has 1 aromatic rings. The summed E-state index contributed by atoms with van der Waals surface area (Å²) >= 11 is 0. The van der Waals surface area contributed by atoms with Crippen LogP contribution in [0, 0.1) is 5.92 Å². The second kappa shape index (κ2) is 10.0. The molecule has 0 aromatic heterocycles. The summed E-state index contributed by atoms with van der Waals surface area (Å²) in [6.45, 7) is 4.39. The lowest BCUT2D eigenvalue weighted by Gasteiger charge is -2.30. The number of phenolic OH excluding ortho intramolecular Hbond substituents is 1. The smallest absolute Gasteiger partial charge is 0.223 e. The van der Waals surface area contributed by atoms with Gasteiger partial charge in [-0.1, -0.05) is 6.42 Å². The molecule has 1 amide bonds. The maximum absolute atomic E-state index is 12.3. The number of aromatic hydroxyl groups is 1. The van der Waals surface area contributed by atoms with Gasteiger partial charge in [0.1, 0.15) is 11.5 Å². The van der Waals surface area contributed by atoms with Gasteiger partial charge in [-0.25, -0.2) is 0 Å². The lowest BCUT2D eigenvalue weighted by Crippen LogP contribution is -2.47. The highest BCUT2D eigenvalue weighted by Gasteiger charge is 2.28. The number of carbonyl (C=O) groups excluding carboxylic acids is 1. The summed E-state index contributed by atoms with van der Waals surface area (Å²) in [4.78, 5) is 16.6. The summed E-state index contributed by atoms with van der Waals surface area (Å²) in [5.74, 6) is 1.74. The van der Waals surface area contributed by atoms with Crippen LogP contribution in [0.25, 0.3) is 0 Å². The molecule has 4 N–H and O–H groups in total. The van der Waals surface area contributed by atoms with E-state index in [-0.39, 0.29) is 29.7 Å². The fourth-order valence-electron chi connectivity index (χ4n) is 3.36. The highest BCUT2D eigenvalue weighted by molar-refractivity contribution is 5.81. The van der Waals surface area contributed by atoms with E-state index in [2.05, 4.69) is 20.9 Å². The van der Waals surface area contributed by atoms with E-state index < -0.39 is 0 Å². The second-order valence-electron chi connectivity index (χ2n) is 7.29. The predicted octanol–water partition coefficient (Wildman–Crippen LogP) is 2.15. The molecule has 1 fully saturated rings. The van der Waals surface area contributed by atoms with Gasteiger partial charge in [-0.05, 0) is 51.3 Å². The van der Waals surface area contributed by atoms with Crippen molar-refractivity contribution in [1.29, 1.82) is 0 Å². The fourth-order valence-corrected chi connectivity index (χ4v) is 3.36. The number of amides is 1. The number of hydrogen-bond acceptors (Lipinski definition) is 4. The maximum atomic E-state index is 12.3. The quantitative estimate of drug-likeness (QED) is 0.451. The molecule has 0 radical (unpaired) electrons. The SMILES string of the molecule is CN=C(NCc1cc(OC)ccc1O)NC1CCCC(C(=O)NC(C)C)C1. The minimum absolute atomic E-state index is 0.0409. The summed E-state index contributed by atoms with van der Waals surface area (Å²) in [7, 11) is 3.31. The number of benzene rings is 1. The number of ether oxygens (including phenoxy) is 1.